The van der Waals surface area contributed by atoms with Crippen molar-refractivity contribution in [2.75, 3.05) is 26.3 Å². The third kappa shape index (κ3) is 2.65. The highest BCUT2D eigenvalue weighted by molar-refractivity contribution is 7.89. The molecule has 1 aromatic carbocycles. The molecule has 2 rings (SSSR count). The van der Waals surface area contributed by atoms with Crippen molar-refractivity contribution in [3.8, 4) is 0 Å². The third-order valence-electron chi connectivity index (χ3n) is 2.60. The van der Waals surface area contributed by atoms with Gasteiger partial charge in [0, 0.05) is 13.1 Å². The molecule has 0 N–H and O–H groups in total. The van der Waals surface area contributed by atoms with Gasteiger partial charge >= 0.3 is 0 Å². The van der Waals surface area contributed by atoms with E-state index in [9.17, 15) is 13.2 Å². The van der Waals surface area contributed by atoms with Crippen molar-refractivity contribution in [3.05, 3.63) is 24.3 Å². The normalized spacial score (nSPS) is 17.1. The summed E-state index contributed by atoms with van der Waals surface area (Å²) in [4.78, 5) is 13.7. The van der Waals surface area contributed by atoms with Crippen molar-refractivity contribution >= 4 is 21.8 Å². The molecule has 0 unspecified atom stereocenters. The lowest BCUT2D eigenvalue weighted by Gasteiger charge is -2.26. The van der Waals surface area contributed by atoms with E-state index in [-0.39, 0.29) is 10.6 Å². The lowest BCUT2D eigenvalue weighted by atomic mass is 10.3. The third-order valence-corrected chi connectivity index (χ3v) is 4.49. The summed E-state index contributed by atoms with van der Waals surface area (Å²) < 4.78 is 31.0. The lowest BCUT2D eigenvalue weighted by molar-refractivity contribution is 0.0730. The Morgan fingerprint density at radius 1 is 1.28 bits per heavy atom. The molecule has 1 heterocycles. The monoisotopic (exact) mass is 268 g/mol. The van der Waals surface area contributed by atoms with Crippen molar-refractivity contribution in [2.45, 2.75) is 4.90 Å². The molecule has 96 valence electrons. The number of ether oxygens (including phenoxy) is 1. The second-order valence-electron chi connectivity index (χ2n) is 3.72. The molecule has 18 heavy (non-hydrogen) atoms. The minimum Gasteiger partial charge on any atom is -0.379 e. The van der Waals surface area contributed by atoms with Crippen molar-refractivity contribution in [1.82, 2.24) is 4.31 Å². The Morgan fingerprint density at radius 2 is 2.00 bits per heavy atom. The summed E-state index contributed by atoms with van der Waals surface area (Å²) in [5, 5.41) is 0. The molecule has 0 aromatic heterocycles. The van der Waals surface area contributed by atoms with E-state index in [4.69, 9.17) is 4.74 Å². The Labute approximate surface area is 105 Å². The van der Waals surface area contributed by atoms with Crippen LogP contribution in [0.25, 0.3) is 0 Å². The summed E-state index contributed by atoms with van der Waals surface area (Å²) in [7, 11) is -3.54. The number of morpholine rings is 1. The van der Waals surface area contributed by atoms with E-state index in [0.29, 0.717) is 26.3 Å². The lowest BCUT2D eigenvalue weighted by Crippen LogP contribution is -2.40. The van der Waals surface area contributed by atoms with Gasteiger partial charge in [-0.15, -0.1) is 0 Å². The summed E-state index contributed by atoms with van der Waals surface area (Å²) in [6, 6.07) is 5.93. The molecule has 6 nitrogen and oxygen atoms in total. The highest BCUT2D eigenvalue weighted by atomic mass is 32.2. The molecule has 0 atom stereocenters. The van der Waals surface area contributed by atoms with Gasteiger partial charge in [-0.1, -0.05) is 6.07 Å². The van der Waals surface area contributed by atoms with E-state index in [0.717, 1.165) is 0 Å². The molecular weight excluding hydrogens is 256 g/mol. The van der Waals surface area contributed by atoms with Crippen LogP contribution < -0.4 is 0 Å². The molecule has 0 radical (unpaired) electrons. The van der Waals surface area contributed by atoms with Crippen molar-refractivity contribution in [2.24, 2.45) is 4.99 Å². The number of isocyanates is 1. The maximum absolute atomic E-state index is 12.3. The molecule has 0 saturated carbocycles. The standard InChI is InChI=1S/C11H12N2O4S/c14-9-12-10-2-1-3-11(8-10)18(15,16)13-4-6-17-7-5-13/h1-3,8H,4-7H2. The van der Waals surface area contributed by atoms with E-state index >= 15 is 0 Å². The summed E-state index contributed by atoms with van der Waals surface area (Å²) >= 11 is 0. The SMILES string of the molecule is O=C=Nc1cccc(S(=O)(=O)N2CCOCC2)c1. The zero-order valence-corrected chi connectivity index (χ0v) is 10.4. The first kappa shape index (κ1) is 12.9. The fourth-order valence-corrected chi connectivity index (χ4v) is 3.15. The van der Waals surface area contributed by atoms with Gasteiger partial charge in [0.05, 0.1) is 23.8 Å². The van der Waals surface area contributed by atoms with Crippen LogP contribution in [0.5, 0.6) is 0 Å². The van der Waals surface area contributed by atoms with Crippen molar-refractivity contribution < 1.29 is 17.9 Å². The van der Waals surface area contributed by atoms with Crippen LogP contribution in [0.3, 0.4) is 0 Å². The van der Waals surface area contributed by atoms with Crippen LogP contribution >= 0.6 is 0 Å². The quantitative estimate of drug-likeness (QED) is 0.596. The number of nitrogens with zero attached hydrogens (tertiary/aromatic N) is 2. The molecule has 0 spiro atoms. The van der Waals surface area contributed by atoms with Crippen LogP contribution in [0.15, 0.2) is 34.2 Å². The summed E-state index contributed by atoms with van der Waals surface area (Å²) in [6.45, 7) is 1.46. The first-order valence-electron chi connectivity index (χ1n) is 5.40. The smallest absolute Gasteiger partial charge is 0.243 e. The number of hydrogen-bond acceptors (Lipinski definition) is 5. The Morgan fingerprint density at radius 3 is 2.67 bits per heavy atom. The average molecular weight is 268 g/mol. The van der Waals surface area contributed by atoms with Crippen LogP contribution in [0.4, 0.5) is 5.69 Å². The largest absolute Gasteiger partial charge is 0.379 e. The predicted octanol–water partition coefficient (Wildman–Crippen LogP) is 0.675. The van der Waals surface area contributed by atoms with Gasteiger partial charge in [-0.05, 0) is 18.2 Å². The number of benzene rings is 1. The molecule has 1 fully saturated rings. The molecule has 1 aromatic rings. The minimum atomic E-state index is -3.54. The van der Waals surface area contributed by atoms with E-state index in [2.05, 4.69) is 4.99 Å². The second kappa shape index (κ2) is 5.41. The Balaban J connectivity index is 2.34. The van der Waals surface area contributed by atoms with Gasteiger partial charge in [0.2, 0.25) is 16.1 Å². The first-order chi connectivity index (χ1) is 8.64. The van der Waals surface area contributed by atoms with Gasteiger partial charge in [0.15, 0.2) is 0 Å². The van der Waals surface area contributed by atoms with Crippen LogP contribution in [-0.4, -0.2) is 45.1 Å². The van der Waals surface area contributed by atoms with Gasteiger partial charge in [-0.3, -0.25) is 0 Å². The Kier molecular flexibility index (Phi) is 3.88. The second-order valence-corrected chi connectivity index (χ2v) is 5.65. The summed E-state index contributed by atoms with van der Waals surface area (Å²) in [6.07, 6.45) is 1.39. The van der Waals surface area contributed by atoms with Crippen LogP contribution in [0.2, 0.25) is 0 Å². The number of rotatable bonds is 3. The van der Waals surface area contributed by atoms with Crippen LogP contribution in [0.1, 0.15) is 0 Å². The molecule has 1 aliphatic heterocycles. The topological polar surface area (TPSA) is 76.0 Å². The van der Waals surface area contributed by atoms with Gasteiger partial charge < -0.3 is 4.74 Å². The molecule has 1 saturated heterocycles. The number of aliphatic imine (C=N–C) groups is 1. The first-order valence-corrected chi connectivity index (χ1v) is 6.84. The van der Waals surface area contributed by atoms with Crippen molar-refractivity contribution in [3.63, 3.8) is 0 Å². The molecule has 1 aliphatic rings. The van der Waals surface area contributed by atoms with Crippen LogP contribution in [-0.2, 0) is 19.6 Å². The van der Waals surface area contributed by atoms with E-state index < -0.39 is 10.0 Å². The zero-order chi connectivity index (χ0) is 13.0. The Bertz CT molecular complexity index is 572. The van der Waals surface area contributed by atoms with Gasteiger partial charge in [-0.2, -0.15) is 9.30 Å². The molecule has 0 amide bonds. The van der Waals surface area contributed by atoms with Crippen LogP contribution in [0, 0.1) is 0 Å². The van der Waals surface area contributed by atoms with E-state index in [1.807, 2.05) is 0 Å². The molecule has 0 aliphatic carbocycles. The van der Waals surface area contributed by atoms with Gasteiger partial charge in [0.25, 0.3) is 0 Å². The maximum Gasteiger partial charge on any atom is 0.243 e. The average Bonchev–Trinajstić information content (AvgIpc) is 2.40. The van der Waals surface area contributed by atoms with E-state index in [1.165, 1.54) is 22.5 Å². The maximum atomic E-state index is 12.3. The Hall–Kier alpha value is -1.53. The predicted molar refractivity (Wildman–Crippen MR) is 63.8 cm³/mol. The summed E-state index contributed by atoms with van der Waals surface area (Å²) in [5.41, 5.74) is 0.277. The minimum absolute atomic E-state index is 0.126. The fraction of sp³-hybridized carbons (Fsp3) is 0.364. The van der Waals surface area contributed by atoms with Crippen molar-refractivity contribution in [1.29, 1.82) is 0 Å². The number of hydrogen-bond donors (Lipinski definition) is 0. The van der Waals surface area contributed by atoms with Gasteiger partial charge in [-0.25, -0.2) is 13.2 Å². The highest BCUT2D eigenvalue weighted by Crippen LogP contribution is 2.21. The fourth-order valence-electron chi connectivity index (χ4n) is 1.70. The highest BCUT2D eigenvalue weighted by Gasteiger charge is 2.26. The molecule has 7 heteroatoms. The van der Waals surface area contributed by atoms with E-state index in [1.54, 1.807) is 12.1 Å². The number of sulfonamides is 1. The molecular formula is C11H12N2O4S. The van der Waals surface area contributed by atoms with Gasteiger partial charge in [0.1, 0.15) is 0 Å². The summed E-state index contributed by atoms with van der Waals surface area (Å²) in [5.74, 6) is 0. The zero-order valence-electron chi connectivity index (χ0n) is 9.57. The number of carbonyl (C=O) groups excluding carboxylic acids is 1. The molecule has 0 bridgehead atoms.